The van der Waals surface area contributed by atoms with Crippen LogP contribution in [0.5, 0.6) is 0 Å². The van der Waals surface area contributed by atoms with Gasteiger partial charge >= 0.3 is 0 Å². The standard InChI is InChI=1S/C34H31F/c1-3-4-5-6-7-8-27-13-15-29(16-14-27)17-18-30-20-24-33-32(25-30)23-22-31(34(33)35)21-19-28-11-9-26(2)10-12-28/h9-16,20,22-25H,3-8H2,1-2H3. The Kier molecular flexibility index (Phi) is 8.38. The summed E-state index contributed by atoms with van der Waals surface area (Å²) in [7, 11) is 0. The number of hydrogen-bond donors (Lipinski definition) is 0. The van der Waals surface area contributed by atoms with Crippen molar-refractivity contribution in [2.45, 2.75) is 52.4 Å². The van der Waals surface area contributed by atoms with Crippen molar-refractivity contribution in [3.63, 3.8) is 0 Å². The summed E-state index contributed by atoms with van der Waals surface area (Å²) < 4.78 is 15.1. The van der Waals surface area contributed by atoms with Crippen molar-refractivity contribution in [3.8, 4) is 23.7 Å². The number of benzene rings is 4. The quantitative estimate of drug-likeness (QED) is 0.200. The smallest absolute Gasteiger partial charge is 0.146 e. The summed E-state index contributed by atoms with van der Waals surface area (Å²) in [6, 6.07) is 25.7. The van der Waals surface area contributed by atoms with Gasteiger partial charge in [-0.1, -0.05) is 98.3 Å². The third-order valence-electron chi connectivity index (χ3n) is 6.22. The van der Waals surface area contributed by atoms with Gasteiger partial charge in [0.1, 0.15) is 5.82 Å². The van der Waals surface area contributed by atoms with E-state index in [1.807, 2.05) is 49.4 Å². The molecule has 0 amide bonds. The van der Waals surface area contributed by atoms with Gasteiger partial charge in [0.25, 0.3) is 0 Å². The lowest BCUT2D eigenvalue weighted by Crippen LogP contribution is -1.88. The number of aryl methyl sites for hydroxylation is 2. The molecule has 0 atom stereocenters. The molecule has 174 valence electrons. The van der Waals surface area contributed by atoms with Crippen molar-refractivity contribution < 1.29 is 4.39 Å². The minimum absolute atomic E-state index is 0.285. The van der Waals surface area contributed by atoms with Crippen molar-refractivity contribution >= 4 is 10.8 Å². The molecule has 0 nitrogen and oxygen atoms in total. The van der Waals surface area contributed by atoms with E-state index in [1.54, 1.807) is 12.1 Å². The zero-order valence-corrected chi connectivity index (χ0v) is 20.6. The topological polar surface area (TPSA) is 0 Å². The molecule has 0 unspecified atom stereocenters. The van der Waals surface area contributed by atoms with E-state index in [1.165, 1.54) is 43.2 Å². The SMILES string of the molecule is CCCCCCCc1ccc(C#Cc2ccc3c(F)c(C#Cc4ccc(C)cc4)ccc3c2)cc1. The number of hydrogen-bond acceptors (Lipinski definition) is 0. The largest absolute Gasteiger partial charge is 0.205 e. The maximum atomic E-state index is 15.1. The number of unbranched alkanes of at least 4 members (excludes halogenated alkanes) is 4. The van der Waals surface area contributed by atoms with Gasteiger partial charge in [0, 0.05) is 22.1 Å². The van der Waals surface area contributed by atoms with Crippen molar-refractivity contribution in [1.29, 1.82) is 0 Å². The summed E-state index contributed by atoms with van der Waals surface area (Å²) in [6.07, 6.45) is 7.63. The van der Waals surface area contributed by atoms with Crippen molar-refractivity contribution in [3.05, 3.63) is 118 Å². The van der Waals surface area contributed by atoms with Crippen LogP contribution in [0.1, 0.15) is 72.4 Å². The van der Waals surface area contributed by atoms with Crippen LogP contribution in [-0.4, -0.2) is 0 Å². The van der Waals surface area contributed by atoms with E-state index >= 15 is 4.39 Å². The highest BCUT2D eigenvalue weighted by atomic mass is 19.1. The maximum Gasteiger partial charge on any atom is 0.146 e. The fraction of sp³-hybridized carbons (Fsp3) is 0.235. The normalized spacial score (nSPS) is 10.4. The van der Waals surface area contributed by atoms with Gasteiger partial charge in [-0.05, 0) is 73.2 Å². The molecule has 0 aromatic heterocycles. The second kappa shape index (κ2) is 12.1. The van der Waals surface area contributed by atoms with Crippen LogP contribution in [0.2, 0.25) is 0 Å². The summed E-state index contributed by atoms with van der Waals surface area (Å²) in [5.74, 6) is 12.2. The molecule has 0 fully saturated rings. The van der Waals surface area contributed by atoms with Crippen molar-refractivity contribution in [2.24, 2.45) is 0 Å². The van der Waals surface area contributed by atoms with E-state index in [9.17, 15) is 0 Å². The summed E-state index contributed by atoms with van der Waals surface area (Å²) in [4.78, 5) is 0. The first kappa shape index (κ1) is 24.3. The van der Waals surface area contributed by atoms with Crippen molar-refractivity contribution in [2.75, 3.05) is 0 Å². The van der Waals surface area contributed by atoms with Gasteiger partial charge < -0.3 is 0 Å². The summed E-state index contributed by atoms with van der Waals surface area (Å²) in [6.45, 7) is 4.28. The summed E-state index contributed by atoms with van der Waals surface area (Å²) in [5.41, 5.74) is 5.69. The van der Waals surface area contributed by atoms with Gasteiger partial charge in [0.15, 0.2) is 0 Å². The molecule has 4 aromatic carbocycles. The van der Waals surface area contributed by atoms with Crippen LogP contribution in [0.15, 0.2) is 78.9 Å². The van der Waals surface area contributed by atoms with Crippen molar-refractivity contribution in [1.82, 2.24) is 0 Å². The second-order valence-electron chi connectivity index (χ2n) is 9.09. The molecular formula is C34H31F. The molecule has 0 bridgehead atoms. The Balaban J connectivity index is 1.44. The Hall–Kier alpha value is -3.81. The molecule has 0 aliphatic heterocycles. The Morgan fingerprint density at radius 1 is 0.629 bits per heavy atom. The monoisotopic (exact) mass is 458 g/mol. The lowest BCUT2D eigenvalue weighted by molar-refractivity contribution is 0.632. The lowest BCUT2D eigenvalue weighted by atomic mass is 10.0. The molecule has 35 heavy (non-hydrogen) atoms. The van der Waals surface area contributed by atoms with Crippen LogP contribution in [0.3, 0.4) is 0 Å². The predicted molar refractivity (Wildman–Crippen MR) is 146 cm³/mol. The van der Waals surface area contributed by atoms with Gasteiger partial charge in [0.2, 0.25) is 0 Å². The molecule has 0 radical (unpaired) electrons. The molecule has 0 spiro atoms. The first-order valence-electron chi connectivity index (χ1n) is 12.5. The van der Waals surface area contributed by atoms with Crippen LogP contribution in [0.4, 0.5) is 4.39 Å². The third-order valence-corrected chi connectivity index (χ3v) is 6.22. The van der Waals surface area contributed by atoms with Crippen LogP contribution in [-0.2, 0) is 6.42 Å². The summed E-state index contributed by atoms with van der Waals surface area (Å²) in [5, 5.41) is 1.39. The molecule has 0 saturated heterocycles. The van der Waals surface area contributed by atoms with Gasteiger partial charge in [-0.15, -0.1) is 0 Å². The highest BCUT2D eigenvalue weighted by Gasteiger charge is 2.06. The van der Waals surface area contributed by atoms with Gasteiger partial charge in [-0.3, -0.25) is 0 Å². The van der Waals surface area contributed by atoms with Gasteiger partial charge in [-0.25, -0.2) is 4.39 Å². The molecule has 0 aliphatic rings. The minimum Gasteiger partial charge on any atom is -0.205 e. The van der Waals surface area contributed by atoms with Crippen LogP contribution in [0, 0.1) is 36.4 Å². The van der Waals surface area contributed by atoms with E-state index in [2.05, 4.69) is 54.9 Å². The molecule has 0 heterocycles. The molecular weight excluding hydrogens is 427 g/mol. The maximum absolute atomic E-state index is 15.1. The van der Waals surface area contributed by atoms with Crippen LogP contribution in [0.25, 0.3) is 10.8 Å². The van der Waals surface area contributed by atoms with Gasteiger partial charge in [-0.2, -0.15) is 0 Å². The Labute approximate surface area is 209 Å². The summed E-state index contributed by atoms with van der Waals surface area (Å²) >= 11 is 0. The molecule has 0 N–H and O–H groups in total. The fourth-order valence-corrected chi connectivity index (χ4v) is 4.07. The molecule has 0 saturated carbocycles. The first-order chi connectivity index (χ1) is 17.1. The van der Waals surface area contributed by atoms with E-state index in [0.717, 1.165) is 28.5 Å². The van der Waals surface area contributed by atoms with Gasteiger partial charge in [0.05, 0.1) is 5.56 Å². The number of fused-ring (bicyclic) bond motifs is 1. The molecule has 4 aromatic rings. The Bertz CT molecular complexity index is 1400. The molecule has 1 heteroatoms. The third kappa shape index (κ3) is 6.85. The Morgan fingerprint density at radius 2 is 1.26 bits per heavy atom. The van der Waals surface area contributed by atoms with Crippen LogP contribution >= 0.6 is 0 Å². The molecule has 0 aliphatic carbocycles. The van der Waals surface area contributed by atoms with Crippen LogP contribution < -0.4 is 0 Å². The highest BCUT2D eigenvalue weighted by molar-refractivity contribution is 5.86. The number of halogens is 1. The van der Waals surface area contributed by atoms with E-state index in [0.29, 0.717) is 10.9 Å². The van der Waals surface area contributed by atoms with E-state index in [-0.39, 0.29) is 5.82 Å². The first-order valence-corrected chi connectivity index (χ1v) is 12.5. The Morgan fingerprint density at radius 3 is 2.00 bits per heavy atom. The zero-order valence-electron chi connectivity index (χ0n) is 20.6. The van der Waals surface area contributed by atoms with E-state index in [4.69, 9.17) is 0 Å². The number of rotatable bonds is 6. The second-order valence-corrected chi connectivity index (χ2v) is 9.09. The lowest BCUT2D eigenvalue weighted by Gasteiger charge is -2.03. The minimum atomic E-state index is -0.285. The zero-order chi connectivity index (χ0) is 24.5. The average Bonchev–Trinajstić information content (AvgIpc) is 2.88. The highest BCUT2D eigenvalue weighted by Crippen LogP contribution is 2.22. The average molecular weight is 459 g/mol. The predicted octanol–water partition coefficient (Wildman–Crippen LogP) is 8.60. The fourth-order valence-electron chi connectivity index (χ4n) is 4.07. The van der Waals surface area contributed by atoms with E-state index < -0.39 is 0 Å². The molecule has 4 rings (SSSR count).